The van der Waals surface area contributed by atoms with Crippen molar-refractivity contribution >= 4 is 15.9 Å². The smallest absolute Gasteiger partial charge is 0.122 e. The Morgan fingerprint density at radius 1 is 1.10 bits per heavy atom. The summed E-state index contributed by atoms with van der Waals surface area (Å²) >= 11 is 3.46. The maximum Gasteiger partial charge on any atom is 0.122 e. The van der Waals surface area contributed by atoms with Crippen LogP contribution in [0.5, 0.6) is 5.75 Å². The lowest BCUT2D eigenvalue weighted by Crippen LogP contribution is -2.15. The molecule has 1 atom stereocenters. The maximum atomic E-state index is 10.3. The molecule has 106 valence electrons. The second-order valence-corrected chi connectivity index (χ2v) is 5.86. The number of aliphatic hydroxyl groups is 1. The van der Waals surface area contributed by atoms with Crippen LogP contribution in [0.2, 0.25) is 0 Å². The number of hydrogen-bond donors (Lipinski definition) is 1. The quantitative estimate of drug-likeness (QED) is 0.898. The second-order valence-electron chi connectivity index (χ2n) is 4.94. The summed E-state index contributed by atoms with van der Waals surface area (Å²) in [5, 5.41) is 10.3. The van der Waals surface area contributed by atoms with Crippen molar-refractivity contribution in [3.63, 3.8) is 0 Å². The number of halogens is 1. The van der Waals surface area contributed by atoms with Gasteiger partial charge in [-0.3, -0.25) is 0 Å². The first-order valence-corrected chi connectivity index (χ1v) is 7.44. The van der Waals surface area contributed by atoms with Crippen molar-refractivity contribution in [2.24, 2.45) is 0 Å². The fourth-order valence-electron chi connectivity index (χ4n) is 2.33. The van der Waals surface area contributed by atoms with Gasteiger partial charge in [0.1, 0.15) is 5.75 Å². The molecule has 0 fully saturated rings. The van der Waals surface area contributed by atoms with Crippen LogP contribution in [0, 0.1) is 6.92 Å². The fourth-order valence-corrected chi connectivity index (χ4v) is 2.73. The van der Waals surface area contributed by atoms with Crippen molar-refractivity contribution < 1.29 is 9.84 Å². The third kappa shape index (κ3) is 3.84. The van der Waals surface area contributed by atoms with Gasteiger partial charge in [-0.25, -0.2) is 0 Å². The van der Waals surface area contributed by atoms with E-state index in [1.165, 1.54) is 11.1 Å². The lowest BCUT2D eigenvalue weighted by Gasteiger charge is -2.15. The average Bonchev–Trinajstić information content (AvgIpc) is 2.41. The molecule has 3 heteroatoms. The first kappa shape index (κ1) is 15.1. The van der Waals surface area contributed by atoms with Crippen LogP contribution in [0.15, 0.2) is 46.9 Å². The van der Waals surface area contributed by atoms with E-state index in [0.29, 0.717) is 12.8 Å². The average molecular weight is 335 g/mol. The molecule has 0 saturated heterocycles. The lowest BCUT2D eigenvalue weighted by atomic mass is 9.98. The highest BCUT2D eigenvalue weighted by Crippen LogP contribution is 2.25. The van der Waals surface area contributed by atoms with E-state index < -0.39 is 6.10 Å². The standard InChI is InChI=1S/C17H19BrO2/c1-12-5-3-4-6-13(12)10-16(19)11-14-9-15(18)7-8-17(14)20-2/h3-9,16,19H,10-11H2,1-2H3. The minimum absolute atomic E-state index is 0.417. The molecule has 0 aliphatic rings. The molecule has 0 bridgehead atoms. The van der Waals surface area contributed by atoms with Gasteiger partial charge in [-0.15, -0.1) is 0 Å². The molecule has 0 saturated carbocycles. The van der Waals surface area contributed by atoms with E-state index in [2.05, 4.69) is 35.0 Å². The SMILES string of the molecule is COc1ccc(Br)cc1CC(O)Cc1ccccc1C. The Bertz CT molecular complexity index is 581. The zero-order valence-corrected chi connectivity index (χ0v) is 13.4. The molecule has 2 aromatic carbocycles. The fraction of sp³-hybridized carbons (Fsp3) is 0.294. The molecule has 0 heterocycles. The topological polar surface area (TPSA) is 29.5 Å². The zero-order chi connectivity index (χ0) is 14.5. The summed E-state index contributed by atoms with van der Waals surface area (Å²) in [6, 6.07) is 14.0. The van der Waals surface area contributed by atoms with Crippen molar-refractivity contribution in [2.75, 3.05) is 7.11 Å². The third-order valence-electron chi connectivity index (χ3n) is 3.41. The van der Waals surface area contributed by atoms with Gasteiger partial charge in [0.15, 0.2) is 0 Å². The Labute approximate surface area is 128 Å². The molecule has 0 radical (unpaired) electrons. The molecular weight excluding hydrogens is 316 g/mol. The maximum absolute atomic E-state index is 10.3. The van der Waals surface area contributed by atoms with Crippen LogP contribution in [-0.4, -0.2) is 18.3 Å². The number of aryl methyl sites for hydroxylation is 1. The van der Waals surface area contributed by atoms with Gasteiger partial charge in [-0.05, 0) is 48.2 Å². The second kappa shape index (κ2) is 6.91. The van der Waals surface area contributed by atoms with Gasteiger partial charge in [0.2, 0.25) is 0 Å². The molecule has 0 aliphatic heterocycles. The van der Waals surface area contributed by atoms with Gasteiger partial charge in [-0.1, -0.05) is 40.2 Å². The molecule has 2 rings (SSSR count). The number of rotatable bonds is 5. The van der Waals surface area contributed by atoms with E-state index in [-0.39, 0.29) is 0 Å². The van der Waals surface area contributed by atoms with Gasteiger partial charge in [0.05, 0.1) is 13.2 Å². The Morgan fingerprint density at radius 2 is 1.80 bits per heavy atom. The van der Waals surface area contributed by atoms with E-state index in [9.17, 15) is 5.11 Å². The van der Waals surface area contributed by atoms with Gasteiger partial charge < -0.3 is 9.84 Å². The number of aliphatic hydroxyl groups excluding tert-OH is 1. The minimum atomic E-state index is -0.417. The summed E-state index contributed by atoms with van der Waals surface area (Å²) in [6.45, 7) is 2.07. The molecule has 0 spiro atoms. The Kier molecular flexibility index (Phi) is 5.21. The summed E-state index contributed by atoms with van der Waals surface area (Å²) in [5.74, 6) is 0.817. The van der Waals surface area contributed by atoms with Crippen LogP contribution in [0.4, 0.5) is 0 Å². The summed E-state index contributed by atoms with van der Waals surface area (Å²) in [4.78, 5) is 0. The molecule has 0 amide bonds. The van der Waals surface area contributed by atoms with E-state index in [1.54, 1.807) is 7.11 Å². The highest BCUT2D eigenvalue weighted by atomic mass is 79.9. The summed E-state index contributed by atoms with van der Waals surface area (Å²) in [5.41, 5.74) is 3.42. The molecule has 0 aliphatic carbocycles. The monoisotopic (exact) mass is 334 g/mol. The predicted octanol–water partition coefficient (Wildman–Crippen LogP) is 3.91. The number of methoxy groups -OCH3 is 1. The molecular formula is C17H19BrO2. The molecule has 0 aromatic heterocycles. The van der Waals surface area contributed by atoms with Gasteiger partial charge in [0, 0.05) is 10.9 Å². The summed E-state index contributed by atoms with van der Waals surface area (Å²) in [6.07, 6.45) is 0.818. The van der Waals surface area contributed by atoms with Crippen LogP contribution in [0.1, 0.15) is 16.7 Å². The van der Waals surface area contributed by atoms with Crippen molar-refractivity contribution in [1.82, 2.24) is 0 Å². The number of ether oxygens (including phenoxy) is 1. The van der Waals surface area contributed by atoms with Gasteiger partial charge in [-0.2, -0.15) is 0 Å². The van der Waals surface area contributed by atoms with E-state index in [0.717, 1.165) is 15.8 Å². The number of benzene rings is 2. The van der Waals surface area contributed by atoms with E-state index >= 15 is 0 Å². The van der Waals surface area contributed by atoms with E-state index in [1.807, 2.05) is 30.3 Å². The number of hydrogen-bond acceptors (Lipinski definition) is 2. The highest BCUT2D eigenvalue weighted by molar-refractivity contribution is 9.10. The van der Waals surface area contributed by atoms with Crippen molar-refractivity contribution in [3.8, 4) is 5.75 Å². The van der Waals surface area contributed by atoms with Crippen molar-refractivity contribution in [2.45, 2.75) is 25.9 Å². The van der Waals surface area contributed by atoms with Crippen molar-refractivity contribution in [1.29, 1.82) is 0 Å². The summed E-state index contributed by atoms with van der Waals surface area (Å²) < 4.78 is 6.34. The normalized spacial score (nSPS) is 12.2. The Balaban J connectivity index is 2.10. The summed E-state index contributed by atoms with van der Waals surface area (Å²) in [7, 11) is 1.65. The Morgan fingerprint density at radius 3 is 2.50 bits per heavy atom. The third-order valence-corrected chi connectivity index (χ3v) is 3.91. The molecule has 1 N–H and O–H groups in total. The van der Waals surface area contributed by atoms with Gasteiger partial charge >= 0.3 is 0 Å². The lowest BCUT2D eigenvalue weighted by molar-refractivity contribution is 0.174. The largest absolute Gasteiger partial charge is 0.496 e. The molecule has 2 aromatic rings. The molecule has 1 unspecified atom stereocenters. The van der Waals surface area contributed by atoms with Crippen LogP contribution in [0.3, 0.4) is 0 Å². The van der Waals surface area contributed by atoms with E-state index in [4.69, 9.17) is 4.74 Å². The minimum Gasteiger partial charge on any atom is -0.496 e. The predicted molar refractivity (Wildman–Crippen MR) is 85.3 cm³/mol. The van der Waals surface area contributed by atoms with Crippen LogP contribution < -0.4 is 4.74 Å². The first-order valence-electron chi connectivity index (χ1n) is 6.65. The van der Waals surface area contributed by atoms with Crippen LogP contribution >= 0.6 is 15.9 Å². The molecule has 2 nitrogen and oxygen atoms in total. The zero-order valence-electron chi connectivity index (χ0n) is 11.8. The first-order chi connectivity index (χ1) is 9.60. The van der Waals surface area contributed by atoms with Crippen LogP contribution in [0.25, 0.3) is 0 Å². The van der Waals surface area contributed by atoms with Crippen LogP contribution in [-0.2, 0) is 12.8 Å². The van der Waals surface area contributed by atoms with Gasteiger partial charge in [0.25, 0.3) is 0 Å². The van der Waals surface area contributed by atoms with Crippen molar-refractivity contribution in [3.05, 3.63) is 63.6 Å². The highest BCUT2D eigenvalue weighted by Gasteiger charge is 2.12. The Hall–Kier alpha value is -1.32. The molecule has 20 heavy (non-hydrogen) atoms.